The minimum absolute atomic E-state index is 0.119. The van der Waals surface area contributed by atoms with Gasteiger partial charge >= 0.3 is 6.18 Å². The number of hydrogen-bond donors (Lipinski definition) is 1. The van der Waals surface area contributed by atoms with E-state index in [1.807, 2.05) is 72.8 Å². The number of rotatable bonds is 4. The van der Waals surface area contributed by atoms with Gasteiger partial charge in [-0.25, -0.2) is 9.98 Å². The van der Waals surface area contributed by atoms with Gasteiger partial charge in [0.1, 0.15) is 11.7 Å². The Balaban J connectivity index is 1.34. The number of halogens is 3. The third kappa shape index (κ3) is 6.35. The fraction of sp³-hybridized carbons (Fsp3) is 0.102. The average Bonchev–Trinajstić information content (AvgIpc) is 3.54. The minimum Gasteiger partial charge on any atom is -0.324 e. The van der Waals surface area contributed by atoms with Crippen LogP contribution in [0.2, 0.25) is 0 Å². The number of aromatic nitrogens is 1. The summed E-state index contributed by atoms with van der Waals surface area (Å²) in [7, 11) is 0. The topological polar surface area (TPSA) is 41.7 Å². The number of benzene rings is 6. The van der Waals surface area contributed by atoms with Crippen molar-refractivity contribution in [2.24, 2.45) is 9.98 Å². The second-order valence-electron chi connectivity index (χ2n) is 14.4. The summed E-state index contributed by atoms with van der Waals surface area (Å²) in [6, 6.07) is 45.3. The Morgan fingerprint density at radius 1 is 0.607 bits per heavy atom. The molecule has 0 saturated carbocycles. The standard InChI is InChI=1S/C49H37F3N4/c1-30-26-31(2)45(32(3)27-30)36-20-24-41-40-16-10-11-17-43(40)56(44(41)28-36)38-23-25-39(33-18-21-37(22-19-33)49(50,51)52)42(29-38)48-54-46(34-12-6-4-7-13-34)53-47(55-48)35-14-8-5-9-15-35/h4-18,20-29H,19H2,1-3H3,(H,53,54,55). The third-order valence-corrected chi connectivity index (χ3v) is 10.6. The number of fused-ring (bicyclic) bond motifs is 3. The lowest BCUT2D eigenvalue weighted by atomic mass is 9.93. The Morgan fingerprint density at radius 2 is 1.29 bits per heavy atom. The molecule has 9 rings (SSSR count). The molecule has 0 fully saturated rings. The van der Waals surface area contributed by atoms with E-state index in [0.717, 1.165) is 66.3 Å². The quantitative estimate of drug-likeness (QED) is 0.192. The molecule has 0 atom stereocenters. The van der Waals surface area contributed by atoms with Crippen molar-refractivity contribution in [3.05, 3.63) is 196 Å². The molecule has 2 heterocycles. The van der Waals surface area contributed by atoms with Crippen molar-refractivity contribution >= 4 is 44.9 Å². The van der Waals surface area contributed by atoms with Crippen LogP contribution in [-0.4, -0.2) is 22.4 Å². The van der Waals surface area contributed by atoms with Gasteiger partial charge in [-0.05, 0) is 84.5 Å². The maximum atomic E-state index is 13.7. The summed E-state index contributed by atoms with van der Waals surface area (Å²) in [4.78, 5) is 10.1. The molecule has 0 unspecified atom stereocenters. The molecular weight excluding hydrogens is 702 g/mol. The molecule has 7 aromatic rings. The third-order valence-electron chi connectivity index (χ3n) is 10.6. The first-order valence-electron chi connectivity index (χ1n) is 18.6. The molecule has 0 spiro atoms. The molecule has 1 aliphatic carbocycles. The van der Waals surface area contributed by atoms with E-state index in [0.29, 0.717) is 17.5 Å². The van der Waals surface area contributed by atoms with Gasteiger partial charge in [0, 0.05) is 32.8 Å². The highest BCUT2D eigenvalue weighted by Crippen LogP contribution is 2.37. The highest BCUT2D eigenvalue weighted by atomic mass is 19.4. The van der Waals surface area contributed by atoms with Crippen LogP contribution in [0.3, 0.4) is 0 Å². The molecule has 4 nitrogen and oxygen atoms in total. The average molecular weight is 739 g/mol. The van der Waals surface area contributed by atoms with Gasteiger partial charge in [0.05, 0.1) is 16.6 Å². The second-order valence-corrected chi connectivity index (χ2v) is 14.4. The van der Waals surface area contributed by atoms with Gasteiger partial charge in [-0.2, -0.15) is 13.2 Å². The van der Waals surface area contributed by atoms with Crippen LogP contribution in [-0.2, 0) is 0 Å². The Morgan fingerprint density at radius 3 is 1.98 bits per heavy atom. The van der Waals surface area contributed by atoms with E-state index in [1.54, 1.807) is 6.08 Å². The van der Waals surface area contributed by atoms with Gasteiger partial charge < -0.3 is 9.88 Å². The van der Waals surface area contributed by atoms with Crippen LogP contribution in [0.25, 0.3) is 50.0 Å². The van der Waals surface area contributed by atoms with Crippen LogP contribution >= 0.6 is 0 Å². The molecule has 1 aliphatic heterocycles. The normalized spacial score (nSPS) is 16.4. The maximum absolute atomic E-state index is 13.7. The SMILES string of the molecule is Cc1cc(C)c(-c2ccc3c4ccccc4n(-c4ccc(=C5C=CC(C(F)(F)F)=CC5)c(=C5N=C(c6ccccc6)N=C(c6ccccc6)N5)c4)c3c2)c(C)c1. The number of allylic oxidation sites excluding steroid dienone is 4. The van der Waals surface area contributed by atoms with Crippen molar-refractivity contribution in [3.63, 3.8) is 0 Å². The monoisotopic (exact) mass is 738 g/mol. The number of aliphatic imine (C=N–C) groups is 2. The predicted molar refractivity (Wildman–Crippen MR) is 223 cm³/mol. The molecule has 1 N–H and O–H groups in total. The summed E-state index contributed by atoms with van der Waals surface area (Å²) >= 11 is 0. The lowest BCUT2D eigenvalue weighted by Crippen LogP contribution is -2.38. The van der Waals surface area contributed by atoms with Gasteiger partial charge in [-0.15, -0.1) is 0 Å². The Kier molecular flexibility index (Phi) is 8.65. The van der Waals surface area contributed by atoms with Crippen LogP contribution in [0.5, 0.6) is 0 Å². The summed E-state index contributed by atoms with van der Waals surface area (Å²) in [6.45, 7) is 6.45. The number of hydrogen-bond acceptors (Lipinski definition) is 3. The van der Waals surface area contributed by atoms with Gasteiger partial charge in [0.25, 0.3) is 0 Å². The van der Waals surface area contributed by atoms with E-state index in [9.17, 15) is 13.2 Å². The molecular formula is C49H37F3N4. The van der Waals surface area contributed by atoms with E-state index in [4.69, 9.17) is 9.98 Å². The number of nitrogens with one attached hydrogen (secondary N) is 1. The van der Waals surface area contributed by atoms with Crippen LogP contribution in [0, 0.1) is 20.8 Å². The molecule has 274 valence electrons. The maximum Gasteiger partial charge on any atom is 0.416 e. The van der Waals surface area contributed by atoms with Crippen molar-refractivity contribution in [1.29, 1.82) is 0 Å². The lowest BCUT2D eigenvalue weighted by molar-refractivity contribution is -0.0884. The van der Waals surface area contributed by atoms with Crippen molar-refractivity contribution in [1.82, 2.24) is 9.88 Å². The number of para-hydroxylation sites is 1. The van der Waals surface area contributed by atoms with E-state index >= 15 is 0 Å². The fourth-order valence-electron chi connectivity index (χ4n) is 8.12. The highest BCUT2D eigenvalue weighted by Gasteiger charge is 2.32. The van der Waals surface area contributed by atoms with E-state index in [1.165, 1.54) is 28.3 Å². The molecule has 56 heavy (non-hydrogen) atoms. The second kappa shape index (κ2) is 13.8. The Bertz CT molecular complexity index is 2940. The molecule has 0 saturated heterocycles. The smallest absolute Gasteiger partial charge is 0.324 e. The summed E-state index contributed by atoms with van der Waals surface area (Å²) in [5, 5.41) is 7.30. The van der Waals surface area contributed by atoms with Gasteiger partial charge in [0.2, 0.25) is 0 Å². The molecule has 2 aliphatic rings. The number of nitrogens with zero attached hydrogens (tertiary/aromatic N) is 3. The largest absolute Gasteiger partial charge is 0.416 e. The summed E-state index contributed by atoms with van der Waals surface area (Å²) < 4.78 is 43.5. The molecule has 7 heteroatoms. The van der Waals surface area contributed by atoms with E-state index < -0.39 is 11.7 Å². The Labute approximate surface area is 322 Å². The summed E-state index contributed by atoms with van der Waals surface area (Å²) in [5.74, 6) is 1.70. The number of alkyl halides is 3. The first-order chi connectivity index (χ1) is 27.1. The van der Waals surface area contributed by atoms with Gasteiger partial charge in [-0.3, -0.25) is 0 Å². The minimum atomic E-state index is -4.42. The summed E-state index contributed by atoms with van der Waals surface area (Å²) in [5.41, 5.74) is 10.8. The van der Waals surface area contributed by atoms with Crippen LogP contribution in [0.1, 0.15) is 34.2 Å². The Hall–Kier alpha value is -6.73. The van der Waals surface area contributed by atoms with E-state index in [-0.39, 0.29) is 6.42 Å². The number of amidine groups is 2. The zero-order valence-corrected chi connectivity index (χ0v) is 31.1. The molecule has 0 bridgehead atoms. The number of aryl methyl sites for hydroxylation is 3. The van der Waals surface area contributed by atoms with Crippen molar-refractivity contribution in [2.45, 2.75) is 33.4 Å². The first-order valence-corrected chi connectivity index (χ1v) is 18.6. The van der Waals surface area contributed by atoms with Crippen LogP contribution < -0.4 is 15.8 Å². The zero-order chi connectivity index (χ0) is 38.6. The summed E-state index contributed by atoms with van der Waals surface area (Å²) in [6.07, 6.45) is -0.305. The highest BCUT2D eigenvalue weighted by molar-refractivity contribution is 6.16. The molecule has 6 aromatic carbocycles. The van der Waals surface area contributed by atoms with Crippen LogP contribution in [0.15, 0.2) is 167 Å². The first kappa shape index (κ1) is 35.0. The molecule has 0 amide bonds. The van der Waals surface area contributed by atoms with Crippen molar-refractivity contribution < 1.29 is 13.2 Å². The lowest BCUT2D eigenvalue weighted by Gasteiger charge is -2.19. The predicted octanol–water partition coefficient (Wildman–Crippen LogP) is 10.5. The molecule has 1 aromatic heterocycles. The van der Waals surface area contributed by atoms with Gasteiger partial charge in [0.15, 0.2) is 5.84 Å². The van der Waals surface area contributed by atoms with E-state index in [2.05, 4.69) is 91.3 Å². The fourth-order valence-corrected chi connectivity index (χ4v) is 8.12. The van der Waals surface area contributed by atoms with Crippen molar-refractivity contribution in [2.75, 3.05) is 0 Å². The van der Waals surface area contributed by atoms with Gasteiger partial charge in [-0.1, -0.05) is 133 Å². The van der Waals surface area contributed by atoms with Crippen LogP contribution in [0.4, 0.5) is 13.2 Å². The zero-order valence-electron chi connectivity index (χ0n) is 31.1. The van der Waals surface area contributed by atoms with Crippen molar-refractivity contribution in [3.8, 4) is 16.8 Å². The molecule has 0 radical (unpaired) electrons.